The molecule has 0 saturated carbocycles. The van der Waals surface area contributed by atoms with Crippen LogP contribution < -0.4 is 5.73 Å². The van der Waals surface area contributed by atoms with Crippen molar-refractivity contribution in [2.24, 2.45) is 7.05 Å². The molecule has 1 aromatic heterocycles. The molecule has 4 heteroatoms. The first kappa shape index (κ1) is 12.0. The van der Waals surface area contributed by atoms with Crippen LogP contribution in [0.2, 0.25) is 0 Å². The number of nitrogen functional groups attached to an aromatic ring is 1. The SMILES string of the molecule is CCOCCc1nn(C)c(N)c1C(C)C. The van der Waals surface area contributed by atoms with Crippen LogP contribution in [0, 0.1) is 0 Å². The van der Waals surface area contributed by atoms with Crippen LogP contribution >= 0.6 is 0 Å². The second kappa shape index (κ2) is 5.16. The van der Waals surface area contributed by atoms with E-state index in [2.05, 4.69) is 18.9 Å². The molecule has 86 valence electrons. The predicted molar refractivity (Wildman–Crippen MR) is 61.9 cm³/mol. The molecule has 0 bridgehead atoms. The van der Waals surface area contributed by atoms with Gasteiger partial charge in [0.05, 0.1) is 12.3 Å². The quantitative estimate of drug-likeness (QED) is 0.754. The van der Waals surface area contributed by atoms with Crippen LogP contribution in [0.15, 0.2) is 0 Å². The Morgan fingerprint density at radius 1 is 1.47 bits per heavy atom. The largest absolute Gasteiger partial charge is 0.384 e. The van der Waals surface area contributed by atoms with Gasteiger partial charge in [-0.15, -0.1) is 0 Å². The third-order valence-electron chi connectivity index (χ3n) is 2.47. The van der Waals surface area contributed by atoms with Crippen LogP contribution in [0.4, 0.5) is 5.82 Å². The second-order valence-corrected chi connectivity index (χ2v) is 3.97. The number of aromatic nitrogens is 2. The zero-order chi connectivity index (χ0) is 11.4. The molecule has 0 aliphatic carbocycles. The Balaban J connectivity index is 2.82. The molecular formula is C11H21N3O. The normalized spacial score (nSPS) is 11.3. The number of anilines is 1. The van der Waals surface area contributed by atoms with Gasteiger partial charge in [0.15, 0.2) is 0 Å². The molecule has 1 rings (SSSR count). The Kier molecular flexibility index (Phi) is 4.15. The van der Waals surface area contributed by atoms with Gasteiger partial charge in [-0.1, -0.05) is 13.8 Å². The minimum Gasteiger partial charge on any atom is -0.384 e. The fourth-order valence-corrected chi connectivity index (χ4v) is 1.74. The fourth-order valence-electron chi connectivity index (χ4n) is 1.74. The average Bonchev–Trinajstić information content (AvgIpc) is 2.43. The van der Waals surface area contributed by atoms with Crippen molar-refractivity contribution in [3.05, 3.63) is 11.3 Å². The van der Waals surface area contributed by atoms with E-state index in [4.69, 9.17) is 10.5 Å². The topological polar surface area (TPSA) is 53.1 Å². The minimum atomic E-state index is 0.412. The highest BCUT2D eigenvalue weighted by Crippen LogP contribution is 2.25. The second-order valence-electron chi connectivity index (χ2n) is 3.97. The summed E-state index contributed by atoms with van der Waals surface area (Å²) in [6, 6.07) is 0. The summed E-state index contributed by atoms with van der Waals surface area (Å²) in [5.41, 5.74) is 8.20. The van der Waals surface area contributed by atoms with E-state index < -0.39 is 0 Å². The molecule has 0 spiro atoms. The van der Waals surface area contributed by atoms with Gasteiger partial charge in [-0.3, -0.25) is 4.68 Å². The summed E-state index contributed by atoms with van der Waals surface area (Å²) in [7, 11) is 1.88. The summed E-state index contributed by atoms with van der Waals surface area (Å²) < 4.78 is 7.08. The molecule has 0 atom stereocenters. The number of hydrogen-bond acceptors (Lipinski definition) is 3. The molecule has 0 aliphatic heterocycles. The van der Waals surface area contributed by atoms with Crippen molar-refractivity contribution < 1.29 is 4.74 Å². The smallest absolute Gasteiger partial charge is 0.125 e. The molecule has 0 unspecified atom stereocenters. The number of rotatable bonds is 5. The van der Waals surface area contributed by atoms with Gasteiger partial charge in [0.25, 0.3) is 0 Å². The number of ether oxygens (including phenoxy) is 1. The van der Waals surface area contributed by atoms with Gasteiger partial charge >= 0.3 is 0 Å². The number of nitrogens with zero attached hydrogens (tertiary/aromatic N) is 2. The maximum absolute atomic E-state index is 5.97. The van der Waals surface area contributed by atoms with Crippen molar-refractivity contribution in [2.75, 3.05) is 18.9 Å². The molecule has 1 aromatic rings. The highest BCUT2D eigenvalue weighted by atomic mass is 16.5. The molecule has 0 aliphatic rings. The Morgan fingerprint density at radius 2 is 2.13 bits per heavy atom. The van der Waals surface area contributed by atoms with Crippen LogP contribution in [-0.2, 0) is 18.2 Å². The van der Waals surface area contributed by atoms with E-state index in [9.17, 15) is 0 Å². The van der Waals surface area contributed by atoms with Crippen LogP contribution in [-0.4, -0.2) is 23.0 Å². The molecule has 1 heterocycles. The summed E-state index contributed by atoms with van der Waals surface area (Å²) in [4.78, 5) is 0. The molecule has 0 amide bonds. The lowest BCUT2D eigenvalue weighted by atomic mass is 10.0. The summed E-state index contributed by atoms with van der Waals surface area (Å²) in [6.07, 6.45) is 0.840. The summed E-state index contributed by atoms with van der Waals surface area (Å²) in [5, 5.41) is 4.41. The molecule has 0 fully saturated rings. The van der Waals surface area contributed by atoms with E-state index >= 15 is 0 Å². The van der Waals surface area contributed by atoms with E-state index in [0.717, 1.165) is 30.1 Å². The van der Waals surface area contributed by atoms with Gasteiger partial charge in [-0.25, -0.2) is 0 Å². The average molecular weight is 211 g/mol. The lowest BCUT2D eigenvalue weighted by Crippen LogP contribution is -2.02. The van der Waals surface area contributed by atoms with Gasteiger partial charge in [-0.05, 0) is 12.8 Å². The summed E-state index contributed by atoms with van der Waals surface area (Å²) >= 11 is 0. The van der Waals surface area contributed by atoms with Crippen LogP contribution in [0.25, 0.3) is 0 Å². The first-order valence-corrected chi connectivity index (χ1v) is 5.46. The van der Waals surface area contributed by atoms with Crippen molar-refractivity contribution in [2.45, 2.75) is 33.1 Å². The molecular weight excluding hydrogens is 190 g/mol. The molecule has 0 saturated heterocycles. The molecule has 4 nitrogen and oxygen atoms in total. The molecule has 0 radical (unpaired) electrons. The maximum atomic E-state index is 5.97. The number of aryl methyl sites for hydroxylation is 1. The molecule has 15 heavy (non-hydrogen) atoms. The van der Waals surface area contributed by atoms with Gasteiger partial charge in [0.2, 0.25) is 0 Å². The van der Waals surface area contributed by atoms with Crippen molar-refractivity contribution in [3.8, 4) is 0 Å². The lowest BCUT2D eigenvalue weighted by molar-refractivity contribution is 0.150. The van der Waals surface area contributed by atoms with Crippen LogP contribution in [0.1, 0.15) is 37.9 Å². The van der Waals surface area contributed by atoms with E-state index in [1.54, 1.807) is 4.68 Å². The van der Waals surface area contributed by atoms with E-state index in [1.807, 2.05) is 14.0 Å². The molecule has 2 N–H and O–H groups in total. The first-order chi connectivity index (χ1) is 7.07. The Morgan fingerprint density at radius 3 is 2.67 bits per heavy atom. The zero-order valence-corrected chi connectivity index (χ0v) is 10.1. The molecule has 0 aromatic carbocycles. The van der Waals surface area contributed by atoms with Gasteiger partial charge in [0.1, 0.15) is 5.82 Å². The Bertz CT molecular complexity index is 318. The van der Waals surface area contributed by atoms with Gasteiger partial charge in [0, 0.05) is 25.6 Å². The van der Waals surface area contributed by atoms with E-state index in [0.29, 0.717) is 12.5 Å². The van der Waals surface area contributed by atoms with Crippen LogP contribution in [0.5, 0.6) is 0 Å². The highest BCUT2D eigenvalue weighted by molar-refractivity contribution is 5.45. The van der Waals surface area contributed by atoms with E-state index in [1.165, 1.54) is 0 Å². The Hall–Kier alpha value is -1.03. The standard InChI is InChI=1S/C11H21N3O/c1-5-15-7-6-9-10(8(2)3)11(12)14(4)13-9/h8H,5-7,12H2,1-4H3. The monoisotopic (exact) mass is 211 g/mol. The maximum Gasteiger partial charge on any atom is 0.125 e. The van der Waals surface area contributed by atoms with Crippen LogP contribution in [0.3, 0.4) is 0 Å². The van der Waals surface area contributed by atoms with Crippen molar-refractivity contribution in [3.63, 3.8) is 0 Å². The van der Waals surface area contributed by atoms with Gasteiger partial charge < -0.3 is 10.5 Å². The third kappa shape index (κ3) is 2.72. The zero-order valence-electron chi connectivity index (χ0n) is 10.1. The highest BCUT2D eigenvalue weighted by Gasteiger charge is 2.16. The summed E-state index contributed by atoms with van der Waals surface area (Å²) in [6.45, 7) is 7.73. The third-order valence-corrected chi connectivity index (χ3v) is 2.47. The van der Waals surface area contributed by atoms with Gasteiger partial charge in [-0.2, -0.15) is 5.10 Å². The fraction of sp³-hybridized carbons (Fsp3) is 0.727. The van der Waals surface area contributed by atoms with Crippen molar-refractivity contribution in [1.29, 1.82) is 0 Å². The Labute approximate surface area is 91.4 Å². The van der Waals surface area contributed by atoms with Crippen molar-refractivity contribution in [1.82, 2.24) is 9.78 Å². The first-order valence-electron chi connectivity index (χ1n) is 5.46. The lowest BCUT2D eigenvalue weighted by Gasteiger charge is -2.06. The van der Waals surface area contributed by atoms with Crippen molar-refractivity contribution >= 4 is 5.82 Å². The predicted octanol–water partition coefficient (Wildman–Crippen LogP) is 1.70. The van der Waals surface area contributed by atoms with E-state index in [-0.39, 0.29) is 0 Å². The minimum absolute atomic E-state index is 0.412. The summed E-state index contributed by atoms with van der Waals surface area (Å²) in [5.74, 6) is 1.19. The number of nitrogens with two attached hydrogens (primary N) is 1. The number of hydrogen-bond donors (Lipinski definition) is 1.